The molecule has 0 aliphatic carbocycles. The van der Waals surface area contributed by atoms with Crippen LogP contribution >= 0.6 is 0 Å². The second-order valence-corrected chi connectivity index (χ2v) is 3.93. The van der Waals surface area contributed by atoms with Gasteiger partial charge in [-0.25, -0.2) is 13.2 Å². The molecule has 2 aromatic rings. The molecule has 1 unspecified atom stereocenters. The Hall–Kier alpha value is -2.01. The average molecular weight is 268 g/mol. The third-order valence-electron chi connectivity index (χ3n) is 2.76. The Morgan fingerprint density at radius 2 is 1.79 bits per heavy atom. The maximum absolute atomic E-state index is 13.6. The number of rotatable bonds is 3. The smallest absolute Gasteiger partial charge is 0.164 e. The van der Waals surface area contributed by atoms with E-state index >= 15 is 0 Å². The highest BCUT2D eigenvalue weighted by atomic mass is 19.2. The average Bonchev–Trinajstić information content (AvgIpc) is 2.41. The fraction of sp³-hybridized carbons (Fsp3) is 0.143. The van der Waals surface area contributed by atoms with Crippen LogP contribution in [-0.4, -0.2) is 12.2 Å². The van der Waals surface area contributed by atoms with Crippen molar-refractivity contribution in [3.63, 3.8) is 0 Å². The van der Waals surface area contributed by atoms with Gasteiger partial charge < -0.3 is 9.84 Å². The highest BCUT2D eigenvalue weighted by molar-refractivity contribution is 5.41. The van der Waals surface area contributed by atoms with Crippen molar-refractivity contribution < 1.29 is 23.0 Å². The number of ether oxygens (including phenoxy) is 1. The summed E-state index contributed by atoms with van der Waals surface area (Å²) in [6.45, 7) is 0. The summed E-state index contributed by atoms with van der Waals surface area (Å²) in [5.41, 5.74) is -0.240. The molecule has 0 amide bonds. The van der Waals surface area contributed by atoms with Gasteiger partial charge in [0, 0.05) is 11.1 Å². The van der Waals surface area contributed by atoms with Crippen molar-refractivity contribution in [1.82, 2.24) is 0 Å². The summed E-state index contributed by atoms with van der Waals surface area (Å²) in [5.74, 6) is -2.66. The van der Waals surface area contributed by atoms with Crippen LogP contribution in [0.5, 0.6) is 5.75 Å². The number of hydrogen-bond donors (Lipinski definition) is 1. The van der Waals surface area contributed by atoms with Gasteiger partial charge in [-0.15, -0.1) is 0 Å². The Labute approximate surface area is 108 Å². The number of aliphatic hydroxyl groups is 1. The molecule has 0 spiro atoms. The van der Waals surface area contributed by atoms with E-state index in [9.17, 15) is 18.3 Å². The Bertz CT molecular complexity index is 599. The molecule has 0 aromatic heterocycles. The second-order valence-electron chi connectivity index (χ2n) is 3.93. The van der Waals surface area contributed by atoms with Crippen LogP contribution in [0, 0.1) is 17.5 Å². The van der Waals surface area contributed by atoms with Gasteiger partial charge in [0.25, 0.3) is 0 Å². The molecule has 1 N–H and O–H groups in total. The van der Waals surface area contributed by atoms with Crippen LogP contribution in [0.2, 0.25) is 0 Å². The molecule has 0 radical (unpaired) electrons. The van der Waals surface area contributed by atoms with E-state index in [-0.39, 0.29) is 16.9 Å². The van der Waals surface area contributed by atoms with Crippen molar-refractivity contribution in [2.45, 2.75) is 6.10 Å². The number of benzene rings is 2. The summed E-state index contributed by atoms with van der Waals surface area (Å²) in [6, 6.07) is 6.92. The Kier molecular flexibility index (Phi) is 3.76. The van der Waals surface area contributed by atoms with Crippen LogP contribution in [0.4, 0.5) is 13.2 Å². The first-order valence-corrected chi connectivity index (χ1v) is 5.50. The molecule has 100 valence electrons. The van der Waals surface area contributed by atoms with Crippen LogP contribution in [0.3, 0.4) is 0 Å². The lowest BCUT2D eigenvalue weighted by atomic mass is 10.00. The molecule has 5 heteroatoms. The summed E-state index contributed by atoms with van der Waals surface area (Å²) < 4.78 is 44.9. The lowest BCUT2D eigenvalue weighted by Gasteiger charge is -2.16. The van der Waals surface area contributed by atoms with E-state index in [1.165, 1.54) is 25.3 Å². The summed E-state index contributed by atoms with van der Waals surface area (Å²) in [6.07, 6.45) is -1.51. The van der Waals surface area contributed by atoms with Crippen LogP contribution in [0.15, 0.2) is 36.4 Å². The molecule has 0 fully saturated rings. The highest BCUT2D eigenvalue weighted by Crippen LogP contribution is 2.32. The Balaban J connectivity index is 2.52. The van der Waals surface area contributed by atoms with Crippen molar-refractivity contribution in [3.05, 3.63) is 65.0 Å². The van der Waals surface area contributed by atoms with Crippen LogP contribution in [0.25, 0.3) is 0 Å². The van der Waals surface area contributed by atoms with Gasteiger partial charge in [0.15, 0.2) is 11.6 Å². The zero-order valence-corrected chi connectivity index (χ0v) is 10.0. The number of halogens is 3. The molecule has 2 aromatic carbocycles. The molecule has 0 saturated heterocycles. The lowest BCUT2D eigenvalue weighted by molar-refractivity contribution is 0.207. The topological polar surface area (TPSA) is 29.5 Å². The predicted octanol–water partition coefficient (Wildman–Crippen LogP) is 3.19. The predicted molar refractivity (Wildman–Crippen MR) is 63.4 cm³/mol. The first kappa shape index (κ1) is 13.4. The monoisotopic (exact) mass is 268 g/mol. The quantitative estimate of drug-likeness (QED) is 0.926. The van der Waals surface area contributed by atoms with Crippen LogP contribution in [-0.2, 0) is 0 Å². The van der Waals surface area contributed by atoms with Crippen molar-refractivity contribution >= 4 is 0 Å². The highest BCUT2D eigenvalue weighted by Gasteiger charge is 2.21. The summed E-state index contributed by atoms with van der Waals surface area (Å²) in [4.78, 5) is 0. The molecule has 2 nitrogen and oxygen atoms in total. The standard InChI is InChI=1S/C14H11F3O2/c1-19-12-6-5-8(15)7-10(12)14(18)9-3-2-4-11(16)13(9)17/h2-7,14,18H,1H3. The zero-order valence-electron chi connectivity index (χ0n) is 10.0. The molecule has 2 rings (SSSR count). The first-order valence-electron chi connectivity index (χ1n) is 5.50. The molecule has 0 aliphatic rings. The van der Waals surface area contributed by atoms with Crippen molar-refractivity contribution in [2.75, 3.05) is 7.11 Å². The fourth-order valence-electron chi connectivity index (χ4n) is 1.82. The van der Waals surface area contributed by atoms with Gasteiger partial charge in [0.1, 0.15) is 17.7 Å². The Morgan fingerprint density at radius 1 is 1.05 bits per heavy atom. The second kappa shape index (κ2) is 5.32. The minimum atomic E-state index is -1.51. The van der Waals surface area contributed by atoms with E-state index in [0.717, 1.165) is 18.2 Å². The van der Waals surface area contributed by atoms with Crippen LogP contribution < -0.4 is 4.74 Å². The molecule has 0 heterocycles. The van der Waals surface area contributed by atoms with E-state index in [2.05, 4.69) is 0 Å². The van der Waals surface area contributed by atoms with Gasteiger partial charge >= 0.3 is 0 Å². The summed E-state index contributed by atoms with van der Waals surface area (Å²) in [5, 5.41) is 10.1. The largest absolute Gasteiger partial charge is 0.496 e. The van der Waals surface area contributed by atoms with E-state index in [4.69, 9.17) is 4.74 Å². The van der Waals surface area contributed by atoms with Gasteiger partial charge in [-0.3, -0.25) is 0 Å². The summed E-state index contributed by atoms with van der Waals surface area (Å²) >= 11 is 0. The minimum Gasteiger partial charge on any atom is -0.496 e. The normalized spacial score (nSPS) is 12.3. The molecule has 0 saturated carbocycles. The van der Waals surface area contributed by atoms with Gasteiger partial charge in [-0.1, -0.05) is 12.1 Å². The van der Waals surface area contributed by atoms with Gasteiger partial charge in [0.2, 0.25) is 0 Å². The third kappa shape index (κ3) is 2.56. The molecule has 0 aliphatic heterocycles. The first-order chi connectivity index (χ1) is 9.04. The third-order valence-corrected chi connectivity index (χ3v) is 2.76. The summed E-state index contributed by atoms with van der Waals surface area (Å²) in [7, 11) is 1.34. The van der Waals surface area contributed by atoms with Crippen molar-refractivity contribution in [1.29, 1.82) is 0 Å². The van der Waals surface area contributed by atoms with E-state index in [1.807, 2.05) is 0 Å². The minimum absolute atomic E-state index is 0.0343. The van der Waals surface area contributed by atoms with Crippen LogP contribution in [0.1, 0.15) is 17.2 Å². The molecular formula is C14H11F3O2. The number of hydrogen-bond acceptors (Lipinski definition) is 2. The van der Waals surface area contributed by atoms with Gasteiger partial charge in [-0.2, -0.15) is 0 Å². The maximum Gasteiger partial charge on any atom is 0.164 e. The molecule has 1 atom stereocenters. The van der Waals surface area contributed by atoms with Crippen molar-refractivity contribution in [2.24, 2.45) is 0 Å². The molecule has 19 heavy (non-hydrogen) atoms. The molecule has 0 bridgehead atoms. The number of aliphatic hydroxyl groups excluding tert-OH is 1. The van der Waals surface area contributed by atoms with E-state index in [1.54, 1.807) is 0 Å². The fourth-order valence-corrected chi connectivity index (χ4v) is 1.82. The van der Waals surface area contributed by atoms with Crippen molar-refractivity contribution in [3.8, 4) is 5.75 Å². The van der Waals surface area contributed by atoms with E-state index in [0.29, 0.717) is 0 Å². The Morgan fingerprint density at radius 3 is 2.47 bits per heavy atom. The maximum atomic E-state index is 13.6. The van der Waals surface area contributed by atoms with Gasteiger partial charge in [-0.05, 0) is 24.3 Å². The SMILES string of the molecule is COc1ccc(F)cc1C(O)c1cccc(F)c1F. The molecular weight excluding hydrogens is 257 g/mol. The van der Waals surface area contributed by atoms with E-state index < -0.39 is 23.6 Å². The lowest BCUT2D eigenvalue weighted by Crippen LogP contribution is -2.06. The van der Waals surface area contributed by atoms with Gasteiger partial charge in [0.05, 0.1) is 7.11 Å². The zero-order chi connectivity index (χ0) is 14.0. The number of methoxy groups -OCH3 is 1.